The highest BCUT2D eigenvalue weighted by Gasteiger charge is 2.20. The molecule has 1 aromatic carbocycles. The second-order valence-electron chi connectivity index (χ2n) is 4.57. The van der Waals surface area contributed by atoms with Gasteiger partial charge in [-0.25, -0.2) is 9.48 Å². The van der Waals surface area contributed by atoms with Gasteiger partial charge in [-0.15, -0.1) is 5.10 Å². The van der Waals surface area contributed by atoms with Gasteiger partial charge in [-0.05, 0) is 13.8 Å². The van der Waals surface area contributed by atoms with Crippen LogP contribution in [0.3, 0.4) is 0 Å². The van der Waals surface area contributed by atoms with Crippen molar-refractivity contribution in [3.05, 3.63) is 47.7 Å². The first-order chi connectivity index (χ1) is 8.99. The summed E-state index contributed by atoms with van der Waals surface area (Å²) in [7, 11) is 0. The van der Waals surface area contributed by atoms with Gasteiger partial charge in [-0.3, -0.25) is 0 Å². The number of aryl methyl sites for hydroxylation is 1. The largest absolute Gasteiger partial charge is 0.476 e. The molecule has 0 radical (unpaired) electrons. The van der Waals surface area contributed by atoms with Crippen molar-refractivity contribution in [1.82, 2.24) is 15.0 Å². The zero-order chi connectivity index (χ0) is 14.0. The van der Waals surface area contributed by atoms with E-state index in [1.54, 1.807) is 4.68 Å². The topological polar surface area (TPSA) is 68.0 Å². The minimum Gasteiger partial charge on any atom is -0.476 e. The smallest absolute Gasteiger partial charge is 0.358 e. The molecule has 2 aromatic rings. The van der Waals surface area contributed by atoms with E-state index >= 15 is 0 Å². The van der Waals surface area contributed by atoms with E-state index in [0.29, 0.717) is 12.2 Å². The SMILES string of the molecule is C=C(C)Cn1nnc(C(=O)O)c1-c1ccc(C)cc1. The summed E-state index contributed by atoms with van der Waals surface area (Å²) in [5.74, 6) is -1.08. The Morgan fingerprint density at radius 1 is 1.37 bits per heavy atom. The lowest BCUT2D eigenvalue weighted by Gasteiger charge is -2.07. The first-order valence-electron chi connectivity index (χ1n) is 5.87. The fourth-order valence-corrected chi connectivity index (χ4v) is 1.82. The fraction of sp³-hybridized carbons (Fsp3) is 0.214. The number of rotatable bonds is 4. The van der Waals surface area contributed by atoms with Crippen molar-refractivity contribution in [3.63, 3.8) is 0 Å². The molecule has 0 atom stereocenters. The Balaban J connectivity index is 2.57. The molecule has 98 valence electrons. The Hall–Kier alpha value is -2.43. The number of benzene rings is 1. The molecule has 0 spiro atoms. The Morgan fingerprint density at radius 3 is 2.53 bits per heavy atom. The van der Waals surface area contributed by atoms with Crippen molar-refractivity contribution in [3.8, 4) is 11.3 Å². The van der Waals surface area contributed by atoms with Crippen molar-refractivity contribution in [2.75, 3.05) is 0 Å². The van der Waals surface area contributed by atoms with Crippen LogP contribution in [0.15, 0.2) is 36.4 Å². The predicted octanol–water partition coefficient (Wildman–Crippen LogP) is 2.53. The van der Waals surface area contributed by atoms with E-state index in [1.165, 1.54) is 0 Å². The summed E-state index contributed by atoms with van der Waals surface area (Å²) in [6.45, 7) is 8.10. The zero-order valence-electron chi connectivity index (χ0n) is 10.9. The van der Waals surface area contributed by atoms with Gasteiger partial charge in [0.25, 0.3) is 0 Å². The Kier molecular flexibility index (Phi) is 3.46. The molecule has 0 amide bonds. The number of carboxylic acids is 1. The molecule has 0 aliphatic rings. The molecule has 1 aromatic heterocycles. The van der Waals surface area contributed by atoms with Crippen LogP contribution in [0.1, 0.15) is 23.0 Å². The molecule has 5 heteroatoms. The first-order valence-corrected chi connectivity index (χ1v) is 5.87. The van der Waals surface area contributed by atoms with E-state index < -0.39 is 5.97 Å². The van der Waals surface area contributed by atoms with E-state index in [1.807, 2.05) is 38.1 Å². The third-order valence-corrected chi connectivity index (χ3v) is 2.68. The van der Waals surface area contributed by atoms with E-state index in [4.69, 9.17) is 0 Å². The van der Waals surface area contributed by atoms with Crippen molar-refractivity contribution >= 4 is 5.97 Å². The molecule has 1 heterocycles. The average molecular weight is 257 g/mol. The third-order valence-electron chi connectivity index (χ3n) is 2.68. The van der Waals surface area contributed by atoms with Crippen molar-refractivity contribution < 1.29 is 9.90 Å². The van der Waals surface area contributed by atoms with Crippen molar-refractivity contribution in [1.29, 1.82) is 0 Å². The average Bonchev–Trinajstić information content (AvgIpc) is 2.73. The van der Waals surface area contributed by atoms with Gasteiger partial charge in [0.1, 0.15) is 5.69 Å². The predicted molar refractivity (Wildman–Crippen MR) is 72.0 cm³/mol. The monoisotopic (exact) mass is 257 g/mol. The van der Waals surface area contributed by atoms with Gasteiger partial charge >= 0.3 is 5.97 Å². The molecule has 2 rings (SSSR count). The van der Waals surface area contributed by atoms with Crippen LogP contribution in [0, 0.1) is 6.92 Å². The number of hydrogen-bond donors (Lipinski definition) is 1. The maximum atomic E-state index is 11.2. The number of aromatic nitrogens is 3. The van der Waals surface area contributed by atoms with Gasteiger partial charge < -0.3 is 5.11 Å². The summed E-state index contributed by atoms with van der Waals surface area (Å²) in [6, 6.07) is 7.60. The van der Waals surface area contributed by atoms with Crippen LogP contribution in [0.4, 0.5) is 0 Å². The molecular formula is C14H15N3O2. The van der Waals surface area contributed by atoms with Crippen molar-refractivity contribution in [2.45, 2.75) is 20.4 Å². The molecule has 5 nitrogen and oxygen atoms in total. The fourth-order valence-electron chi connectivity index (χ4n) is 1.82. The lowest BCUT2D eigenvalue weighted by molar-refractivity contribution is 0.0691. The van der Waals surface area contributed by atoms with Gasteiger partial charge in [-0.2, -0.15) is 0 Å². The molecule has 0 aliphatic heterocycles. The van der Waals surface area contributed by atoms with Crippen LogP contribution in [0.25, 0.3) is 11.3 Å². The van der Waals surface area contributed by atoms with Gasteiger partial charge in [0.2, 0.25) is 0 Å². The lowest BCUT2D eigenvalue weighted by Crippen LogP contribution is -2.05. The lowest BCUT2D eigenvalue weighted by atomic mass is 10.1. The number of carboxylic acid groups (broad SMARTS) is 1. The molecule has 0 saturated heterocycles. The van der Waals surface area contributed by atoms with Crippen LogP contribution < -0.4 is 0 Å². The van der Waals surface area contributed by atoms with Crippen LogP contribution in [-0.4, -0.2) is 26.1 Å². The molecule has 0 saturated carbocycles. The van der Waals surface area contributed by atoms with Crippen LogP contribution in [0.5, 0.6) is 0 Å². The second kappa shape index (κ2) is 5.06. The van der Waals surface area contributed by atoms with Gasteiger partial charge in [0.15, 0.2) is 5.69 Å². The van der Waals surface area contributed by atoms with Crippen LogP contribution in [0.2, 0.25) is 0 Å². The van der Waals surface area contributed by atoms with E-state index in [9.17, 15) is 9.90 Å². The molecule has 1 N–H and O–H groups in total. The summed E-state index contributed by atoms with van der Waals surface area (Å²) >= 11 is 0. The summed E-state index contributed by atoms with van der Waals surface area (Å²) in [6.07, 6.45) is 0. The summed E-state index contributed by atoms with van der Waals surface area (Å²) in [4.78, 5) is 11.2. The maximum absolute atomic E-state index is 11.2. The van der Waals surface area contributed by atoms with E-state index in [-0.39, 0.29) is 5.69 Å². The Labute approximate surface area is 111 Å². The Morgan fingerprint density at radius 2 is 2.00 bits per heavy atom. The first kappa shape index (κ1) is 13.0. The molecular weight excluding hydrogens is 242 g/mol. The summed E-state index contributed by atoms with van der Waals surface area (Å²) < 4.78 is 1.57. The number of aromatic carboxylic acids is 1. The molecule has 0 aliphatic carbocycles. The highest BCUT2D eigenvalue weighted by Crippen LogP contribution is 2.23. The maximum Gasteiger partial charge on any atom is 0.358 e. The second-order valence-corrected chi connectivity index (χ2v) is 4.57. The zero-order valence-corrected chi connectivity index (χ0v) is 10.9. The minimum absolute atomic E-state index is 0.0369. The normalized spacial score (nSPS) is 10.4. The summed E-state index contributed by atoms with van der Waals surface area (Å²) in [5.41, 5.74) is 3.25. The van der Waals surface area contributed by atoms with Crippen LogP contribution >= 0.6 is 0 Å². The number of carbonyl (C=O) groups is 1. The van der Waals surface area contributed by atoms with Crippen molar-refractivity contribution in [2.24, 2.45) is 0 Å². The number of allylic oxidation sites excluding steroid dienone is 1. The number of hydrogen-bond acceptors (Lipinski definition) is 3. The van der Waals surface area contributed by atoms with Crippen LogP contribution in [-0.2, 0) is 6.54 Å². The van der Waals surface area contributed by atoms with E-state index in [0.717, 1.165) is 16.7 Å². The molecule has 19 heavy (non-hydrogen) atoms. The number of nitrogens with zero attached hydrogens (tertiary/aromatic N) is 3. The quantitative estimate of drug-likeness (QED) is 0.854. The molecule has 0 unspecified atom stereocenters. The standard InChI is InChI=1S/C14H15N3O2/c1-9(2)8-17-13(12(14(18)19)15-16-17)11-6-4-10(3)5-7-11/h4-7H,1,8H2,2-3H3,(H,18,19). The summed E-state index contributed by atoms with van der Waals surface area (Å²) in [5, 5.41) is 16.8. The van der Waals surface area contributed by atoms with Gasteiger partial charge in [-0.1, -0.05) is 47.2 Å². The Bertz CT molecular complexity index is 627. The van der Waals surface area contributed by atoms with E-state index in [2.05, 4.69) is 16.9 Å². The minimum atomic E-state index is -1.08. The molecule has 0 bridgehead atoms. The highest BCUT2D eigenvalue weighted by atomic mass is 16.4. The third kappa shape index (κ3) is 2.70. The molecule has 0 fully saturated rings. The highest BCUT2D eigenvalue weighted by molar-refractivity contribution is 5.92. The van der Waals surface area contributed by atoms with Gasteiger partial charge in [0.05, 0.1) is 6.54 Å². The van der Waals surface area contributed by atoms with Gasteiger partial charge in [0, 0.05) is 5.56 Å².